The summed E-state index contributed by atoms with van der Waals surface area (Å²) in [7, 11) is 0. The van der Waals surface area contributed by atoms with E-state index in [1.165, 1.54) is 0 Å². The number of nitrogens with zero attached hydrogens (tertiary/aromatic N) is 2. The molecule has 0 bridgehead atoms. The highest BCUT2D eigenvalue weighted by Crippen LogP contribution is 2.33. The summed E-state index contributed by atoms with van der Waals surface area (Å²) in [5.41, 5.74) is 1.17. The minimum atomic E-state index is -0.489. The average molecular weight is 316 g/mol. The molecule has 0 radical (unpaired) electrons. The molecule has 2 rings (SSSR count). The fourth-order valence-electron chi connectivity index (χ4n) is 2.10. The number of carbonyl (C=O) groups is 1. The predicted molar refractivity (Wildman–Crippen MR) is 87.7 cm³/mol. The molecule has 116 valence electrons. The molecular weight excluding hydrogens is 296 g/mol. The van der Waals surface area contributed by atoms with E-state index in [4.69, 9.17) is 10.00 Å². The molecule has 22 heavy (non-hydrogen) atoms. The lowest BCUT2D eigenvalue weighted by Crippen LogP contribution is -2.35. The third-order valence-electron chi connectivity index (χ3n) is 3.15. The van der Waals surface area contributed by atoms with Crippen molar-refractivity contribution < 1.29 is 9.53 Å². The first kappa shape index (κ1) is 16.4. The fourth-order valence-corrected chi connectivity index (χ4v) is 3.22. The van der Waals surface area contributed by atoms with Crippen LogP contribution in [-0.4, -0.2) is 34.9 Å². The summed E-state index contributed by atoms with van der Waals surface area (Å²) in [6, 6.07) is 9.55. The van der Waals surface area contributed by atoms with Gasteiger partial charge in [0.2, 0.25) is 0 Å². The summed E-state index contributed by atoms with van der Waals surface area (Å²) in [6.45, 7) is 10.8. The number of nitriles is 1. The van der Waals surface area contributed by atoms with E-state index in [2.05, 4.69) is 12.6 Å². The van der Waals surface area contributed by atoms with Crippen molar-refractivity contribution >= 4 is 17.9 Å². The quantitative estimate of drug-likeness (QED) is 0.778. The summed E-state index contributed by atoms with van der Waals surface area (Å²) in [6.07, 6.45) is -0.295. The van der Waals surface area contributed by atoms with Crippen LogP contribution in [-0.2, 0) is 4.74 Å². The Hall–Kier alpha value is -1.93. The van der Waals surface area contributed by atoms with E-state index in [-0.39, 0.29) is 11.3 Å². The zero-order valence-electron chi connectivity index (χ0n) is 13.1. The Bertz CT molecular complexity index is 611. The van der Waals surface area contributed by atoms with Gasteiger partial charge in [0.15, 0.2) is 0 Å². The van der Waals surface area contributed by atoms with E-state index in [1.54, 1.807) is 28.8 Å². The van der Waals surface area contributed by atoms with Crippen LogP contribution in [0.4, 0.5) is 4.79 Å². The van der Waals surface area contributed by atoms with E-state index in [0.29, 0.717) is 18.7 Å². The second kappa shape index (κ2) is 6.45. The van der Waals surface area contributed by atoms with Crippen molar-refractivity contribution in [3.8, 4) is 6.07 Å². The minimum Gasteiger partial charge on any atom is -0.444 e. The van der Waals surface area contributed by atoms with Gasteiger partial charge < -0.3 is 9.64 Å². The molecule has 0 aromatic heterocycles. The largest absolute Gasteiger partial charge is 0.444 e. The molecule has 1 heterocycles. The molecule has 0 aliphatic carbocycles. The second-order valence-electron chi connectivity index (χ2n) is 6.26. The molecule has 5 heteroatoms. The molecule has 1 aliphatic heterocycles. The van der Waals surface area contributed by atoms with Crippen LogP contribution in [0.25, 0.3) is 0 Å². The lowest BCUT2D eigenvalue weighted by molar-refractivity contribution is 0.0300. The van der Waals surface area contributed by atoms with Crippen molar-refractivity contribution in [3.05, 3.63) is 42.0 Å². The molecule has 1 aromatic rings. The van der Waals surface area contributed by atoms with Gasteiger partial charge in [-0.1, -0.05) is 6.58 Å². The first-order chi connectivity index (χ1) is 10.3. The maximum Gasteiger partial charge on any atom is 0.410 e. The van der Waals surface area contributed by atoms with Crippen LogP contribution < -0.4 is 0 Å². The zero-order valence-corrected chi connectivity index (χ0v) is 13.9. The Morgan fingerprint density at radius 3 is 2.59 bits per heavy atom. The highest BCUT2D eigenvalue weighted by Gasteiger charge is 2.32. The third kappa shape index (κ3) is 4.28. The first-order valence-corrected chi connectivity index (χ1v) is 7.99. The van der Waals surface area contributed by atoms with Gasteiger partial charge in [-0.3, -0.25) is 0 Å². The van der Waals surface area contributed by atoms with Gasteiger partial charge in [-0.25, -0.2) is 4.79 Å². The van der Waals surface area contributed by atoms with Crippen LogP contribution in [0.15, 0.2) is 41.3 Å². The molecule has 0 saturated carbocycles. The maximum absolute atomic E-state index is 12.1. The summed E-state index contributed by atoms with van der Waals surface area (Å²) in [5.74, 6) is 0. The van der Waals surface area contributed by atoms with Gasteiger partial charge in [-0.05, 0) is 50.6 Å². The molecule has 0 N–H and O–H groups in total. The SMILES string of the molecule is C=C1CN(C(=O)OC(C)(C)C)CC1Sc1ccc(C#N)cc1. The third-order valence-corrected chi connectivity index (χ3v) is 4.46. The number of hydrogen-bond acceptors (Lipinski definition) is 4. The number of ether oxygens (including phenoxy) is 1. The van der Waals surface area contributed by atoms with Gasteiger partial charge >= 0.3 is 6.09 Å². The number of thioether (sulfide) groups is 1. The number of benzene rings is 1. The Kier molecular flexibility index (Phi) is 4.82. The van der Waals surface area contributed by atoms with Gasteiger partial charge in [0.05, 0.1) is 11.6 Å². The van der Waals surface area contributed by atoms with E-state index in [0.717, 1.165) is 10.5 Å². The lowest BCUT2D eigenvalue weighted by Gasteiger charge is -2.24. The summed E-state index contributed by atoms with van der Waals surface area (Å²) in [5, 5.41) is 8.97. The average Bonchev–Trinajstić information content (AvgIpc) is 2.79. The van der Waals surface area contributed by atoms with Gasteiger partial charge in [0.25, 0.3) is 0 Å². The standard InChI is InChI=1S/C17H20N2O2S/c1-12-10-19(16(20)21-17(2,3)4)11-15(12)22-14-7-5-13(9-18)6-8-14/h5-8,15H,1,10-11H2,2-4H3. The highest BCUT2D eigenvalue weighted by atomic mass is 32.2. The minimum absolute atomic E-state index is 0.153. The van der Waals surface area contributed by atoms with Crippen molar-refractivity contribution in [2.45, 2.75) is 36.5 Å². The van der Waals surface area contributed by atoms with Crippen molar-refractivity contribution in [1.82, 2.24) is 4.90 Å². The van der Waals surface area contributed by atoms with Gasteiger partial charge in [-0.2, -0.15) is 5.26 Å². The summed E-state index contributed by atoms with van der Waals surface area (Å²) >= 11 is 1.66. The van der Waals surface area contributed by atoms with Crippen molar-refractivity contribution in [3.63, 3.8) is 0 Å². The number of hydrogen-bond donors (Lipinski definition) is 0. The fraction of sp³-hybridized carbons (Fsp3) is 0.412. The van der Waals surface area contributed by atoms with Gasteiger partial charge in [0.1, 0.15) is 5.60 Å². The van der Waals surface area contributed by atoms with E-state index < -0.39 is 5.60 Å². The number of carbonyl (C=O) groups excluding carboxylic acids is 1. The van der Waals surface area contributed by atoms with E-state index >= 15 is 0 Å². The van der Waals surface area contributed by atoms with Crippen LogP contribution in [0.1, 0.15) is 26.3 Å². The molecule has 1 aromatic carbocycles. The van der Waals surface area contributed by atoms with Crippen LogP contribution in [0.5, 0.6) is 0 Å². The van der Waals surface area contributed by atoms with Crippen molar-refractivity contribution in [2.75, 3.05) is 13.1 Å². The Balaban J connectivity index is 1.97. The maximum atomic E-state index is 12.1. The molecule has 1 aliphatic rings. The van der Waals surface area contributed by atoms with Crippen molar-refractivity contribution in [1.29, 1.82) is 5.26 Å². The van der Waals surface area contributed by atoms with Crippen LogP contribution >= 0.6 is 11.8 Å². The summed E-state index contributed by atoms with van der Waals surface area (Å²) < 4.78 is 5.40. The molecule has 1 atom stereocenters. The Morgan fingerprint density at radius 2 is 2.05 bits per heavy atom. The van der Waals surface area contributed by atoms with Crippen molar-refractivity contribution in [2.24, 2.45) is 0 Å². The van der Waals surface area contributed by atoms with Crippen LogP contribution in [0.2, 0.25) is 0 Å². The molecule has 1 saturated heterocycles. The van der Waals surface area contributed by atoms with Crippen LogP contribution in [0.3, 0.4) is 0 Å². The lowest BCUT2D eigenvalue weighted by atomic mass is 10.2. The number of rotatable bonds is 2. The summed E-state index contributed by atoms with van der Waals surface area (Å²) in [4.78, 5) is 14.9. The number of amides is 1. The molecule has 1 fully saturated rings. The predicted octanol–water partition coefficient (Wildman–Crippen LogP) is 3.83. The number of likely N-dealkylation sites (tertiary alicyclic amines) is 1. The first-order valence-electron chi connectivity index (χ1n) is 7.11. The molecule has 0 spiro atoms. The van der Waals surface area contributed by atoms with Crippen LogP contribution in [0, 0.1) is 11.3 Å². The molecule has 4 nitrogen and oxygen atoms in total. The van der Waals surface area contributed by atoms with E-state index in [1.807, 2.05) is 32.9 Å². The van der Waals surface area contributed by atoms with Gasteiger partial charge in [-0.15, -0.1) is 11.8 Å². The Labute approximate surface area is 135 Å². The normalized spacial score (nSPS) is 18.2. The topological polar surface area (TPSA) is 53.3 Å². The van der Waals surface area contributed by atoms with E-state index in [9.17, 15) is 4.79 Å². The molecular formula is C17H20N2O2S. The smallest absolute Gasteiger partial charge is 0.410 e. The highest BCUT2D eigenvalue weighted by molar-refractivity contribution is 8.00. The zero-order chi connectivity index (χ0) is 16.3. The molecule has 1 amide bonds. The second-order valence-corrected chi connectivity index (χ2v) is 7.54. The monoisotopic (exact) mass is 316 g/mol. The van der Waals surface area contributed by atoms with Gasteiger partial charge in [0, 0.05) is 23.2 Å². The Morgan fingerprint density at radius 1 is 1.41 bits per heavy atom. The molecule has 1 unspecified atom stereocenters.